The van der Waals surface area contributed by atoms with Crippen LogP contribution in [0.1, 0.15) is 16.9 Å². The number of amides is 1. The first-order valence-electron chi connectivity index (χ1n) is 6.42. The van der Waals surface area contributed by atoms with Crippen molar-refractivity contribution in [2.75, 3.05) is 45.1 Å². The van der Waals surface area contributed by atoms with Crippen molar-refractivity contribution in [1.82, 2.24) is 20.2 Å². The third kappa shape index (κ3) is 4.15. The minimum atomic E-state index is -0.271. The summed E-state index contributed by atoms with van der Waals surface area (Å²) in [6.45, 7) is 5.08. The Bertz CT molecular complexity index is 420. The second-order valence-corrected chi connectivity index (χ2v) is 4.35. The van der Waals surface area contributed by atoms with Gasteiger partial charge in [0.2, 0.25) is 0 Å². The highest BCUT2D eigenvalue weighted by Gasteiger charge is 2.12. The van der Waals surface area contributed by atoms with Crippen LogP contribution in [0.25, 0.3) is 0 Å². The maximum atomic E-state index is 11.8. The monoisotopic (exact) mass is 265 g/mol. The Morgan fingerprint density at radius 2 is 2.11 bits per heavy atom. The predicted octanol–water partition coefficient (Wildman–Crippen LogP) is -0.489. The van der Waals surface area contributed by atoms with Gasteiger partial charge in [-0.3, -0.25) is 9.69 Å². The van der Waals surface area contributed by atoms with Gasteiger partial charge in [0.25, 0.3) is 5.91 Å². The summed E-state index contributed by atoms with van der Waals surface area (Å²) < 4.78 is 5.27. The molecule has 1 aromatic rings. The van der Waals surface area contributed by atoms with E-state index in [2.05, 4.69) is 20.2 Å². The van der Waals surface area contributed by atoms with E-state index in [1.54, 1.807) is 0 Å². The van der Waals surface area contributed by atoms with Gasteiger partial charge in [0.1, 0.15) is 0 Å². The second-order valence-electron chi connectivity index (χ2n) is 4.35. The van der Waals surface area contributed by atoms with E-state index >= 15 is 0 Å². The number of nitrogens with two attached hydrogens (primary N) is 1. The van der Waals surface area contributed by atoms with Gasteiger partial charge in [0, 0.05) is 32.0 Å². The van der Waals surface area contributed by atoms with Gasteiger partial charge in [-0.25, -0.2) is 9.97 Å². The average molecular weight is 265 g/mol. The molecule has 0 unspecified atom stereocenters. The average Bonchev–Trinajstić information content (AvgIpc) is 2.45. The van der Waals surface area contributed by atoms with Crippen molar-refractivity contribution in [1.29, 1.82) is 0 Å². The molecule has 1 aromatic heterocycles. The fraction of sp³-hybridized carbons (Fsp3) is 0.583. The van der Waals surface area contributed by atoms with Crippen LogP contribution >= 0.6 is 0 Å². The van der Waals surface area contributed by atoms with E-state index in [0.717, 1.165) is 39.3 Å². The Balaban J connectivity index is 1.68. The Morgan fingerprint density at radius 1 is 1.37 bits per heavy atom. The number of carbonyl (C=O) groups excluding carboxylic acids is 1. The summed E-state index contributed by atoms with van der Waals surface area (Å²) in [6, 6.07) is 0. The fourth-order valence-electron chi connectivity index (χ4n) is 1.94. The molecule has 1 saturated heterocycles. The number of ether oxygens (including phenoxy) is 1. The molecule has 0 bridgehead atoms. The van der Waals surface area contributed by atoms with Gasteiger partial charge in [-0.05, 0) is 13.0 Å². The molecule has 3 N–H and O–H groups in total. The molecule has 2 rings (SSSR count). The van der Waals surface area contributed by atoms with Crippen molar-refractivity contribution < 1.29 is 9.53 Å². The van der Waals surface area contributed by atoms with Gasteiger partial charge in [-0.1, -0.05) is 0 Å². The number of aromatic nitrogens is 2. The van der Waals surface area contributed by atoms with Crippen molar-refractivity contribution in [3.63, 3.8) is 0 Å². The van der Waals surface area contributed by atoms with Crippen LogP contribution in [0.4, 0.5) is 5.82 Å². The van der Waals surface area contributed by atoms with Crippen molar-refractivity contribution in [2.45, 2.75) is 6.42 Å². The predicted molar refractivity (Wildman–Crippen MR) is 70.7 cm³/mol. The maximum absolute atomic E-state index is 11.8. The summed E-state index contributed by atoms with van der Waals surface area (Å²) in [5.74, 6) is -0.110. The summed E-state index contributed by atoms with van der Waals surface area (Å²) in [5, 5.41) is 2.80. The molecule has 7 nitrogen and oxygen atoms in total. The third-order valence-corrected chi connectivity index (χ3v) is 2.98. The second kappa shape index (κ2) is 7.01. The van der Waals surface area contributed by atoms with Crippen LogP contribution in [0.15, 0.2) is 12.4 Å². The van der Waals surface area contributed by atoms with E-state index in [-0.39, 0.29) is 17.4 Å². The van der Waals surface area contributed by atoms with Crippen LogP contribution in [0.5, 0.6) is 0 Å². The Kier molecular flexibility index (Phi) is 5.05. The van der Waals surface area contributed by atoms with Gasteiger partial charge >= 0.3 is 0 Å². The van der Waals surface area contributed by atoms with Gasteiger partial charge in [-0.15, -0.1) is 0 Å². The van der Waals surface area contributed by atoms with Crippen LogP contribution < -0.4 is 11.1 Å². The lowest BCUT2D eigenvalue weighted by Gasteiger charge is -2.26. The van der Waals surface area contributed by atoms with E-state index < -0.39 is 0 Å². The summed E-state index contributed by atoms with van der Waals surface area (Å²) >= 11 is 0. The summed E-state index contributed by atoms with van der Waals surface area (Å²) in [4.78, 5) is 21.9. The number of anilines is 1. The minimum Gasteiger partial charge on any atom is -0.382 e. The van der Waals surface area contributed by atoms with E-state index in [9.17, 15) is 4.79 Å². The zero-order chi connectivity index (χ0) is 13.5. The number of hydrogen-bond acceptors (Lipinski definition) is 6. The number of hydrogen-bond donors (Lipinski definition) is 2. The molecule has 104 valence electrons. The zero-order valence-corrected chi connectivity index (χ0v) is 10.8. The molecule has 0 atom stereocenters. The Hall–Kier alpha value is -1.73. The molecule has 7 heteroatoms. The van der Waals surface area contributed by atoms with Crippen LogP contribution in [-0.2, 0) is 4.74 Å². The quantitative estimate of drug-likeness (QED) is 0.698. The highest BCUT2D eigenvalue weighted by molar-refractivity contribution is 5.96. The Labute approximate surface area is 112 Å². The van der Waals surface area contributed by atoms with E-state index in [0.29, 0.717) is 6.54 Å². The minimum absolute atomic E-state index is 0.160. The molecular formula is C12H19N5O2. The lowest BCUT2D eigenvalue weighted by Crippen LogP contribution is -2.38. The topological polar surface area (TPSA) is 93.4 Å². The summed E-state index contributed by atoms with van der Waals surface area (Å²) in [7, 11) is 0. The molecule has 0 saturated carbocycles. The van der Waals surface area contributed by atoms with E-state index in [1.807, 2.05) is 0 Å². The van der Waals surface area contributed by atoms with Crippen LogP contribution in [0.3, 0.4) is 0 Å². The highest BCUT2D eigenvalue weighted by Crippen LogP contribution is 2.02. The van der Waals surface area contributed by atoms with Crippen molar-refractivity contribution >= 4 is 11.7 Å². The molecule has 1 aliphatic heterocycles. The third-order valence-electron chi connectivity index (χ3n) is 2.98. The molecule has 0 radical (unpaired) electrons. The van der Waals surface area contributed by atoms with Gasteiger partial charge in [0.15, 0.2) is 11.5 Å². The molecule has 0 aliphatic carbocycles. The molecule has 2 heterocycles. The number of carbonyl (C=O) groups is 1. The van der Waals surface area contributed by atoms with Crippen molar-refractivity contribution in [3.05, 3.63) is 18.1 Å². The molecule has 0 aromatic carbocycles. The Morgan fingerprint density at radius 3 is 2.84 bits per heavy atom. The first-order chi connectivity index (χ1) is 9.27. The standard InChI is InChI=1S/C12H19N5O2/c13-11-10(14-3-4-15-11)12(18)16-2-1-5-17-6-8-19-9-7-17/h3-4H,1-2,5-9H2,(H2,13,15)(H,16,18). The maximum Gasteiger partial charge on any atom is 0.273 e. The number of morpholine rings is 1. The van der Waals surface area contributed by atoms with Gasteiger partial charge in [0.05, 0.1) is 13.2 Å². The van der Waals surface area contributed by atoms with E-state index in [1.165, 1.54) is 12.4 Å². The van der Waals surface area contributed by atoms with E-state index in [4.69, 9.17) is 10.5 Å². The lowest BCUT2D eigenvalue weighted by molar-refractivity contribution is 0.0374. The SMILES string of the molecule is Nc1nccnc1C(=O)NCCCN1CCOCC1. The van der Waals surface area contributed by atoms with Crippen LogP contribution in [0, 0.1) is 0 Å². The lowest BCUT2D eigenvalue weighted by atomic mass is 10.3. The molecule has 0 spiro atoms. The molecule has 1 amide bonds. The number of rotatable bonds is 5. The zero-order valence-electron chi connectivity index (χ0n) is 10.8. The fourth-order valence-corrected chi connectivity index (χ4v) is 1.94. The molecule has 1 fully saturated rings. The number of nitrogen functional groups attached to an aromatic ring is 1. The van der Waals surface area contributed by atoms with Crippen molar-refractivity contribution in [2.24, 2.45) is 0 Å². The first-order valence-corrected chi connectivity index (χ1v) is 6.42. The molecule has 1 aliphatic rings. The first kappa shape index (κ1) is 13.7. The normalized spacial score (nSPS) is 16.2. The molecular weight excluding hydrogens is 246 g/mol. The smallest absolute Gasteiger partial charge is 0.273 e. The van der Waals surface area contributed by atoms with Gasteiger partial charge < -0.3 is 15.8 Å². The number of nitrogens with zero attached hydrogens (tertiary/aromatic N) is 3. The highest BCUT2D eigenvalue weighted by atomic mass is 16.5. The summed E-state index contributed by atoms with van der Waals surface area (Å²) in [6.07, 6.45) is 3.81. The van der Waals surface area contributed by atoms with Crippen LogP contribution in [0.2, 0.25) is 0 Å². The van der Waals surface area contributed by atoms with Crippen molar-refractivity contribution in [3.8, 4) is 0 Å². The van der Waals surface area contributed by atoms with Crippen LogP contribution in [-0.4, -0.2) is 60.2 Å². The number of nitrogens with one attached hydrogen (secondary N) is 1. The summed E-state index contributed by atoms with van der Waals surface area (Å²) in [5.41, 5.74) is 5.77. The largest absolute Gasteiger partial charge is 0.382 e. The van der Waals surface area contributed by atoms with Gasteiger partial charge in [-0.2, -0.15) is 0 Å². The molecule has 19 heavy (non-hydrogen) atoms.